The molecule has 1 aliphatic carbocycles. The van der Waals surface area contributed by atoms with Crippen molar-refractivity contribution in [3.05, 3.63) is 89.5 Å². The van der Waals surface area contributed by atoms with Crippen LogP contribution in [0.4, 0.5) is 33.3 Å². The summed E-state index contributed by atoms with van der Waals surface area (Å²) in [5, 5.41) is 21.9. The van der Waals surface area contributed by atoms with E-state index in [1.807, 2.05) is 0 Å². The summed E-state index contributed by atoms with van der Waals surface area (Å²) < 4.78 is 83.9. The number of Topliss-reactive ketones (excluding diaryl/α,β-unsaturated/α-hetero) is 1. The maximum atomic E-state index is 13.2. The van der Waals surface area contributed by atoms with Gasteiger partial charge in [0.05, 0.1) is 48.7 Å². The molecule has 0 aliphatic heterocycles. The van der Waals surface area contributed by atoms with Gasteiger partial charge in [-0.3, -0.25) is 19.2 Å². The Morgan fingerprint density at radius 1 is 0.692 bits per heavy atom. The van der Waals surface area contributed by atoms with Gasteiger partial charge in [0.15, 0.2) is 0 Å². The molecule has 350 valence electrons. The van der Waals surface area contributed by atoms with E-state index in [4.69, 9.17) is 24.7 Å². The first-order chi connectivity index (χ1) is 30.6. The molecule has 0 bridgehead atoms. The fraction of sp³-hybridized carbons (Fsp3) is 0.400. The quantitative estimate of drug-likeness (QED) is 0.0179. The van der Waals surface area contributed by atoms with Crippen molar-refractivity contribution in [3.63, 3.8) is 0 Å². The Morgan fingerprint density at radius 3 is 1.85 bits per heavy atom. The summed E-state index contributed by atoms with van der Waals surface area (Å²) in [4.78, 5) is 87.2. The number of carboxylic acid groups (broad SMARTS) is 2. The molecular formula is C45H47F5N2O13. The maximum absolute atomic E-state index is 13.2. The van der Waals surface area contributed by atoms with Gasteiger partial charge in [-0.25, -0.2) is 14.4 Å². The predicted molar refractivity (Wildman–Crippen MR) is 221 cm³/mol. The Labute approximate surface area is 369 Å². The van der Waals surface area contributed by atoms with E-state index in [1.54, 1.807) is 12.1 Å². The van der Waals surface area contributed by atoms with Crippen LogP contribution < -0.4 is 20.5 Å². The van der Waals surface area contributed by atoms with E-state index in [9.17, 15) is 65.7 Å². The lowest BCUT2D eigenvalue weighted by atomic mass is 9.53. The zero-order valence-electron chi connectivity index (χ0n) is 35.1. The number of alkyl halides is 5. The molecule has 15 nitrogen and oxygen atoms in total. The number of aliphatic carboxylic acids is 2. The number of rotatable bonds is 23. The van der Waals surface area contributed by atoms with Crippen LogP contribution >= 0.6 is 0 Å². The molecule has 0 spiro atoms. The molecule has 2 atom stereocenters. The molecule has 0 heterocycles. The highest BCUT2D eigenvalue weighted by atomic mass is 19.4. The number of carbonyl (C=O) groups is 7. The second-order valence-electron chi connectivity index (χ2n) is 15.4. The standard InChI is InChI=1S/C45H47F5N2O13/c1-25(2)38(54)34-36(40(56)57)35(37(34)41(58)59)39(55)52-30-23-28(22-29(51)24-30)42(60)64-20-6-4-3-5-19-63-33(53)17-10-26-8-13-32(14-9-26)65-43(61)27-11-15-31(16-12-27)62-21-7-18-44(46,47)45(48,49)50/h8-17,22-25,34-37H,3-7,18-21,51H2,1-2H3,(H,52,55)(H,56,57)(H,58,59)/b17-10+. The molecule has 1 amide bonds. The van der Waals surface area contributed by atoms with Crippen LogP contribution in [0.1, 0.15) is 78.7 Å². The van der Waals surface area contributed by atoms with Crippen LogP contribution in [-0.2, 0) is 33.4 Å². The van der Waals surface area contributed by atoms with Gasteiger partial charge in [-0.1, -0.05) is 26.0 Å². The maximum Gasteiger partial charge on any atom is 0.453 e. The number of carbonyl (C=O) groups excluding carboxylic acids is 5. The summed E-state index contributed by atoms with van der Waals surface area (Å²) in [7, 11) is 0. The molecule has 2 unspecified atom stereocenters. The molecule has 0 aromatic heterocycles. The van der Waals surface area contributed by atoms with Crippen LogP contribution in [0, 0.1) is 29.6 Å². The van der Waals surface area contributed by atoms with Crippen molar-refractivity contribution in [1.29, 1.82) is 0 Å². The Bertz CT molecular complexity index is 2210. The van der Waals surface area contributed by atoms with E-state index in [2.05, 4.69) is 5.32 Å². The number of nitrogens with one attached hydrogen (secondary N) is 1. The summed E-state index contributed by atoms with van der Waals surface area (Å²) in [6, 6.07) is 15.4. The lowest BCUT2D eigenvalue weighted by Gasteiger charge is -2.46. The summed E-state index contributed by atoms with van der Waals surface area (Å²) >= 11 is 0. The Morgan fingerprint density at radius 2 is 1.28 bits per heavy atom. The number of anilines is 2. The minimum Gasteiger partial charge on any atom is -0.494 e. The van der Waals surface area contributed by atoms with Crippen LogP contribution in [0.2, 0.25) is 0 Å². The molecule has 0 radical (unpaired) electrons. The van der Waals surface area contributed by atoms with E-state index in [-0.39, 0.29) is 53.8 Å². The van der Waals surface area contributed by atoms with E-state index >= 15 is 0 Å². The highest BCUT2D eigenvalue weighted by Gasteiger charge is 2.63. The number of amides is 1. The first-order valence-electron chi connectivity index (χ1n) is 20.3. The number of ether oxygens (including phenoxy) is 4. The first kappa shape index (κ1) is 50.8. The molecule has 65 heavy (non-hydrogen) atoms. The number of nitrogen functional groups attached to an aromatic ring is 1. The van der Waals surface area contributed by atoms with E-state index in [0.717, 1.165) is 0 Å². The largest absolute Gasteiger partial charge is 0.494 e. The van der Waals surface area contributed by atoms with Gasteiger partial charge in [-0.2, -0.15) is 22.0 Å². The number of carboxylic acids is 2. The first-order valence-corrected chi connectivity index (χ1v) is 20.3. The molecule has 1 fully saturated rings. The minimum atomic E-state index is -5.63. The van der Waals surface area contributed by atoms with E-state index in [0.29, 0.717) is 31.2 Å². The van der Waals surface area contributed by atoms with Gasteiger partial charge in [0, 0.05) is 35.7 Å². The minimum absolute atomic E-state index is 0.00184. The molecule has 3 aromatic carbocycles. The van der Waals surface area contributed by atoms with Gasteiger partial charge >= 0.3 is 41.9 Å². The average molecular weight is 919 g/mol. The van der Waals surface area contributed by atoms with Crippen molar-refractivity contribution in [3.8, 4) is 11.5 Å². The Kier molecular flexibility index (Phi) is 17.7. The fourth-order valence-corrected chi connectivity index (χ4v) is 6.81. The summed E-state index contributed by atoms with van der Waals surface area (Å²) in [5.74, 6) is -17.7. The fourth-order valence-electron chi connectivity index (χ4n) is 6.81. The van der Waals surface area contributed by atoms with E-state index in [1.165, 1.54) is 80.6 Å². The van der Waals surface area contributed by atoms with Crippen molar-refractivity contribution < 1.29 is 84.7 Å². The smallest absolute Gasteiger partial charge is 0.453 e. The molecule has 5 N–H and O–H groups in total. The summed E-state index contributed by atoms with van der Waals surface area (Å²) in [5.41, 5.74) is 6.67. The van der Waals surface area contributed by atoms with Crippen LogP contribution in [0.3, 0.4) is 0 Å². The van der Waals surface area contributed by atoms with Gasteiger partial charge in [-0.15, -0.1) is 0 Å². The number of ketones is 1. The van der Waals surface area contributed by atoms with Crippen molar-refractivity contribution in [2.24, 2.45) is 29.6 Å². The van der Waals surface area contributed by atoms with Crippen LogP contribution in [-0.4, -0.2) is 83.7 Å². The molecule has 0 saturated heterocycles. The van der Waals surface area contributed by atoms with Crippen molar-refractivity contribution in [1.82, 2.24) is 0 Å². The number of halogens is 5. The normalized spacial score (nSPS) is 17.2. The van der Waals surface area contributed by atoms with Crippen molar-refractivity contribution >= 4 is 59.0 Å². The number of unbranched alkanes of at least 4 members (excludes halogenated alkanes) is 3. The Hall–Kier alpha value is -6.86. The highest BCUT2D eigenvalue weighted by molar-refractivity contribution is 6.05. The second kappa shape index (κ2) is 22.7. The number of nitrogens with two attached hydrogens (primary N) is 1. The zero-order chi connectivity index (χ0) is 48.1. The number of benzene rings is 3. The molecule has 1 saturated carbocycles. The zero-order valence-corrected chi connectivity index (χ0v) is 35.1. The average Bonchev–Trinajstić information content (AvgIpc) is 3.21. The van der Waals surface area contributed by atoms with Gasteiger partial charge in [-0.05, 0) is 98.3 Å². The van der Waals surface area contributed by atoms with E-state index < -0.39 is 96.1 Å². The van der Waals surface area contributed by atoms with Crippen molar-refractivity contribution in [2.75, 3.05) is 30.9 Å². The van der Waals surface area contributed by atoms with Crippen LogP contribution in [0.15, 0.2) is 72.8 Å². The topological polar surface area (TPSA) is 235 Å². The molecule has 4 rings (SSSR count). The SMILES string of the molecule is CC(C)C(=O)C1C(C(=O)O)C(C(=O)Nc2cc(N)cc(C(=O)OCCCCCCOC(=O)/C=C/c3ccc(OC(=O)c4ccc(OCCCC(F)(F)C(F)(F)F)cc4)cc3)c2)C1C(=O)O. The van der Waals surface area contributed by atoms with Gasteiger partial charge in [0.1, 0.15) is 17.3 Å². The highest BCUT2D eigenvalue weighted by Crippen LogP contribution is 2.49. The monoisotopic (exact) mass is 918 g/mol. The Balaban J connectivity index is 1.11. The number of hydrogen-bond donors (Lipinski definition) is 4. The second-order valence-corrected chi connectivity index (χ2v) is 15.4. The number of esters is 3. The summed E-state index contributed by atoms with van der Waals surface area (Å²) in [6.07, 6.45) is -2.64. The third kappa shape index (κ3) is 14.3. The lowest BCUT2D eigenvalue weighted by molar-refractivity contribution is -0.284. The third-order valence-corrected chi connectivity index (χ3v) is 10.2. The predicted octanol–water partition coefficient (Wildman–Crippen LogP) is 7.63. The van der Waals surface area contributed by atoms with Crippen LogP contribution in [0.25, 0.3) is 6.08 Å². The molecule has 3 aromatic rings. The van der Waals surface area contributed by atoms with Crippen LogP contribution in [0.5, 0.6) is 11.5 Å². The van der Waals surface area contributed by atoms with Gasteiger partial charge in [0.25, 0.3) is 0 Å². The van der Waals surface area contributed by atoms with Gasteiger partial charge < -0.3 is 40.2 Å². The third-order valence-electron chi connectivity index (χ3n) is 10.2. The number of hydrogen-bond acceptors (Lipinski definition) is 12. The lowest BCUT2D eigenvalue weighted by Crippen LogP contribution is -2.61. The molecule has 1 aliphatic rings. The molecular weight excluding hydrogens is 871 g/mol. The van der Waals surface area contributed by atoms with Crippen molar-refractivity contribution in [2.45, 2.75) is 64.5 Å². The molecule has 20 heteroatoms. The van der Waals surface area contributed by atoms with Gasteiger partial charge in [0.2, 0.25) is 5.91 Å². The summed E-state index contributed by atoms with van der Waals surface area (Å²) in [6.45, 7) is 2.79.